The van der Waals surface area contributed by atoms with E-state index in [2.05, 4.69) is 25.5 Å². The SMILES string of the molecule is CN(Cc1ncc[nH]1)C(=O)OCc1cccc2nnc([C@@H](COCc3ccccc3)NC(=O)C(C)(C)N)n12. The number of pyridine rings is 1. The number of carbonyl (C=O) groups is 2. The number of aromatic amines is 1. The van der Waals surface area contributed by atoms with Crippen molar-refractivity contribution < 1.29 is 19.1 Å². The number of fused-ring (bicyclic) bond motifs is 1. The molecule has 0 unspecified atom stereocenters. The Kier molecular flexibility index (Phi) is 8.34. The fourth-order valence-corrected chi connectivity index (χ4v) is 3.68. The summed E-state index contributed by atoms with van der Waals surface area (Å²) in [5.74, 6) is 0.705. The van der Waals surface area contributed by atoms with Crippen LogP contribution in [-0.2, 0) is 34.0 Å². The number of carbonyl (C=O) groups excluding carboxylic acids is 2. The zero-order valence-electron chi connectivity index (χ0n) is 21.6. The summed E-state index contributed by atoms with van der Waals surface area (Å²) in [6, 6.07) is 14.4. The Morgan fingerprint density at radius 3 is 2.63 bits per heavy atom. The van der Waals surface area contributed by atoms with Crippen molar-refractivity contribution >= 4 is 17.6 Å². The number of hydrogen-bond donors (Lipinski definition) is 3. The molecular formula is C26H32N8O4. The van der Waals surface area contributed by atoms with E-state index in [1.807, 2.05) is 30.3 Å². The van der Waals surface area contributed by atoms with Gasteiger partial charge in [-0.1, -0.05) is 36.4 Å². The molecule has 0 spiro atoms. The Hall–Kier alpha value is -4.29. The van der Waals surface area contributed by atoms with Crippen LogP contribution < -0.4 is 11.1 Å². The summed E-state index contributed by atoms with van der Waals surface area (Å²) in [6.07, 6.45) is 2.79. The maximum Gasteiger partial charge on any atom is 0.410 e. The Bertz CT molecular complexity index is 1350. The second kappa shape index (κ2) is 11.8. The van der Waals surface area contributed by atoms with Gasteiger partial charge in [0.1, 0.15) is 18.5 Å². The third kappa shape index (κ3) is 6.72. The average Bonchev–Trinajstić information content (AvgIpc) is 3.57. The van der Waals surface area contributed by atoms with Crippen LogP contribution in [-0.4, -0.2) is 60.7 Å². The van der Waals surface area contributed by atoms with E-state index in [0.717, 1.165) is 5.56 Å². The van der Waals surface area contributed by atoms with Gasteiger partial charge in [-0.15, -0.1) is 10.2 Å². The van der Waals surface area contributed by atoms with Crippen LogP contribution in [0.25, 0.3) is 5.65 Å². The molecule has 4 rings (SSSR count). The van der Waals surface area contributed by atoms with E-state index in [0.29, 0.717) is 29.6 Å². The summed E-state index contributed by atoms with van der Waals surface area (Å²) in [5, 5.41) is 11.5. The van der Waals surface area contributed by atoms with Crippen molar-refractivity contribution in [3.05, 3.63) is 83.8 Å². The van der Waals surface area contributed by atoms with Gasteiger partial charge in [-0.2, -0.15) is 0 Å². The summed E-state index contributed by atoms with van der Waals surface area (Å²) < 4.78 is 13.3. The van der Waals surface area contributed by atoms with E-state index >= 15 is 0 Å². The zero-order valence-corrected chi connectivity index (χ0v) is 21.6. The molecule has 3 heterocycles. The normalized spacial score (nSPS) is 12.3. The van der Waals surface area contributed by atoms with Gasteiger partial charge < -0.3 is 30.4 Å². The van der Waals surface area contributed by atoms with Gasteiger partial charge in [-0.3, -0.25) is 9.20 Å². The molecule has 0 aliphatic heterocycles. The van der Waals surface area contributed by atoms with Gasteiger partial charge in [0.15, 0.2) is 11.5 Å². The summed E-state index contributed by atoms with van der Waals surface area (Å²) in [5.41, 5.74) is 7.07. The molecule has 0 radical (unpaired) electrons. The van der Waals surface area contributed by atoms with Gasteiger partial charge in [0.2, 0.25) is 5.91 Å². The standard InChI is InChI=1S/C26H32N8O4/c1-26(2,27)24(35)30-20(17-37-15-18-8-5-4-6-9-18)23-32-31-22-11-7-10-19(34(22)23)16-38-25(36)33(3)14-21-28-12-13-29-21/h4-13,20H,14-17,27H2,1-3H3,(H,28,29)(H,30,35)/t20-/m1/s1. The smallest absolute Gasteiger partial charge is 0.410 e. The minimum Gasteiger partial charge on any atom is -0.443 e. The minimum absolute atomic E-state index is 0.0440. The molecule has 0 fully saturated rings. The lowest BCUT2D eigenvalue weighted by Crippen LogP contribution is -2.51. The van der Waals surface area contributed by atoms with E-state index in [4.69, 9.17) is 15.2 Å². The van der Waals surface area contributed by atoms with Gasteiger partial charge in [-0.05, 0) is 31.5 Å². The van der Waals surface area contributed by atoms with Crippen molar-refractivity contribution in [3.8, 4) is 0 Å². The van der Waals surface area contributed by atoms with Gasteiger partial charge >= 0.3 is 6.09 Å². The van der Waals surface area contributed by atoms with Crippen LogP contribution in [0, 0.1) is 0 Å². The molecule has 12 nitrogen and oxygen atoms in total. The molecule has 0 aliphatic carbocycles. The number of ether oxygens (including phenoxy) is 2. The molecule has 0 aliphatic rings. The third-order valence-electron chi connectivity index (χ3n) is 5.73. The van der Waals surface area contributed by atoms with Crippen LogP contribution in [0.3, 0.4) is 0 Å². The number of imidazole rings is 1. The van der Waals surface area contributed by atoms with Crippen LogP contribution in [0.15, 0.2) is 60.9 Å². The molecule has 3 aromatic heterocycles. The molecule has 4 aromatic rings. The van der Waals surface area contributed by atoms with E-state index in [-0.39, 0.29) is 25.7 Å². The quantitative estimate of drug-likeness (QED) is 0.272. The Morgan fingerprint density at radius 1 is 1.13 bits per heavy atom. The minimum atomic E-state index is -1.12. The number of amides is 2. The third-order valence-corrected chi connectivity index (χ3v) is 5.73. The van der Waals surface area contributed by atoms with Crippen LogP contribution in [0.1, 0.15) is 42.8 Å². The molecule has 1 atom stereocenters. The summed E-state index contributed by atoms with van der Waals surface area (Å²) in [7, 11) is 1.62. The predicted octanol–water partition coefficient (Wildman–Crippen LogP) is 2.33. The second-order valence-corrected chi connectivity index (χ2v) is 9.46. The van der Waals surface area contributed by atoms with Crippen molar-refractivity contribution in [2.75, 3.05) is 13.7 Å². The molecule has 38 heavy (non-hydrogen) atoms. The predicted molar refractivity (Wildman–Crippen MR) is 138 cm³/mol. The highest BCUT2D eigenvalue weighted by Crippen LogP contribution is 2.19. The topological polar surface area (TPSA) is 153 Å². The first kappa shape index (κ1) is 26.8. The molecular weight excluding hydrogens is 488 g/mol. The highest BCUT2D eigenvalue weighted by molar-refractivity contribution is 5.85. The number of hydrogen-bond acceptors (Lipinski definition) is 8. The van der Waals surface area contributed by atoms with Gasteiger partial charge in [0.25, 0.3) is 0 Å². The lowest BCUT2D eigenvalue weighted by Gasteiger charge is -2.24. The number of aromatic nitrogens is 5. The molecule has 200 valence electrons. The van der Waals surface area contributed by atoms with Crippen LogP contribution in [0.4, 0.5) is 4.79 Å². The first-order valence-electron chi connectivity index (χ1n) is 12.1. The van der Waals surface area contributed by atoms with Gasteiger partial charge in [0.05, 0.1) is 31.0 Å². The summed E-state index contributed by atoms with van der Waals surface area (Å²) >= 11 is 0. The largest absolute Gasteiger partial charge is 0.443 e. The highest BCUT2D eigenvalue weighted by Gasteiger charge is 2.28. The fourth-order valence-electron chi connectivity index (χ4n) is 3.68. The number of rotatable bonds is 11. The van der Waals surface area contributed by atoms with Crippen LogP contribution in [0.2, 0.25) is 0 Å². The average molecular weight is 521 g/mol. The van der Waals surface area contributed by atoms with Crippen molar-refractivity contribution in [2.24, 2.45) is 5.73 Å². The number of H-pyrrole nitrogens is 1. The van der Waals surface area contributed by atoms with Crippen molar-refractivity contribution in [1.82, 2.24) is 34.8 Å². The molecule has 0 saturated carbocycles. The second-order valence-electron chi connectivity index (χ2n) is 9.46. The summed E-state index contributed by atoms with van der Waals surface area (Å²) in [6.45, 7) is 3.94. The van der Waals surface area contributed by atoms with E-state index in [1.165, 1.54) is 4.90 Å². The monoisotopic (exact) mass is 520 g/mol. The lowest BCUT2D eigenvalue weighted by atomic mass is 10.1. The number of nitrogens with zero attached hydrogens (tertiary/aromatic N) is 5. The van der Waals surface area contributed by atoms with Crippen LogP contribution in [0.5, 0.6) is 0 Å². The molecule has 2 amide bonds. The van der Waals surface area contributed by atoms with Crippen molar-refractivity contribution in [3.63, 3.8) is 0 Å². The zero-order chi connectivity index (χ0) is 27.1. The van der Waals surface area contributed by atoms with E-state index in [9.17, 15) is 9.59 Å². The maximum absolute atomic E-state index is 12.8. The maximum atomic E-state index is 12.8. The molecule has 4 N–H and O–H groups in total. The first-order valence-corrected chi connectivity index (χ1v) is 12.1. The van der Waals surface area contributed by atoms with Gasteiger partial charge in [0, 0.05) is 19.4 Å². The molecule has 1 aromatic carbocycles. The van der Waals surface area contributed by atoms with Crippen LogP contribution >= 0.6 is 0 Å². The Labute approximate surface area is 220 Å². The number of benzene rings is 1. The molecule has 0 bridgehead atoms. The molecule has 0 saturated heterocycles. The lowest BCUT2D eigenvalue weighted by molar-refractivity contribution is -0.126. The number of nitrogens with one attached hydrogen (secondary N) is 2. The number of nitrogens with two attached hydrogens (primary N) is 1. The van der Waals surface area contributed by atoms with E-state index in [1.54, 1.807) is 55.9 Å². The Morgan fingerprint density at radius 2 is 1.92 bits per heavy atom. The molecule has 12 heteroatoms. The fraction of sp³-hybridized carbons (Fsp3) is 0.346. The first-order chi connectivity index (χ1) is 18.2. The van der Waals surface area contributed by atoms with Crippen molar-refractivity contribution in [1.29, 1.82) is 0 Å². The Balaban J connectivity index is 1.53. The van der Waals surface area contributed by atoms with Crippen molar-refractivity contribution in [2.45, 2.75) is 45.2 Å². The van der Waals surface area contributed by atoms with E-state index < -0.39 is 17.7 Å². The summed E-state index contributed by atoms with van der Waals surface area (Å²) in [4.78, 5) is 33.9. The highest BCUT2D eigenvalue weighted by atomic mass is 16.6. The van der Waals surface area contributed by atoms with Gasteiger partial charge in [-0.25, -0.2) is 9.78 Å².